The maximum Gasteiger partial charge on any atom is 0.195 e. The Kier molecular flexibility index (Phi) is 3.89. The van der Waals surface area contributed by atoms with Gasteiger partial charge in [0.25, 0.3) is 0 Å². The van der Waals surface area contributed by atoms with Crippen molar-refractivity contribution in [2.75, 3.05) is 14.2 Å². The van der Waals surface area contributed by atoms with Crippen LogP contribution in [0.2, 0.25) is 0 Å². The molecule has 1 unspecified atom stereocenters. The molecule has 5 heteroatoms. The number of ether oxygens (including phenoxy) is 2. The molecule has 21 heavy (non-hydrogen) atoms. The number of hydrogen-bond donors (Lipinski definition) is 0. The molecule has 0 bridgehead atoms. The van der Waals surface area contributed by atoms with Crippen molar-refractivity contribution in [1.82, 2.24) is 0 Å². The van der Waals surface area contributed by atoms with E-state index >= 15 is 0 Å². The Bertz CT molecular complexity index is 811. The minimum Gasteiger partial charge on any atom is -0.590 e. The molecule has 0 aliphatic carbocycles. The molecule has 0 N–H and O–H groups in total. The van der Waals surface area contributed by atoms with Crippen molar-refractivity contribution in [3.05, 3.63) is 46.9 Å². The van der Waals surface area contributed by atoms with Gasteiger partial charge in [-0.25, -0.2) is 0 Å². The zero-order chi connectivity index (χ0) is 15.0. The van der Waals surface area contributed by atoms with Crippen LogP contribution >= 0.6 is 26.7 Å². The van der Waals surface area contributed by atoms with Crippen molar-refractivity contribution in [1.29, 1.82) is 0 Å². The van der Waals surface area contributed by atoms with Gasteiger partial charge in [0.2, 0.25) is 0 Å². The Hall–Kier alpha value is -1.56. The van der Waals surface area contributed by atoms with Crippen LogP contribution in [0.15, 0.2) is 46.9 Å². The highest BCUT2D eigenvalue weighted by Gasteiger charge is 2.23. The number of halogens is 1. The molecule has 0 saturated carbocycles. The predicted octanol–water partition coefficient (Wildman–Crippen LogP) is 5.01. The number of thiophene rings is 1. The van der Waals surface area contributed by atoms with E-state index in [1.165, 1.54) is 0 Å². The Morgan fingerprint density at radius 1 is 1.00 bits per heavy atom. The fourth-order valence-corrected chi connectivity index (χ4v) is 4.85. The van der Waals surface area contributed by atoms with E-state index in [-0.39, 0.29) is 0 Å². The van der Waals surface area contributed by atoms with E-state index in [1.807, 2.05) is 42.5 Å². The predicted molar refractivity (Wildman–Crippen MR) is 88.8 cm³/mol. The number of hydrogen-bond acceptors (Lipinski definition) is 3. The zero-order valence-electron chi connectivity index (χ0n) is 11.6. The fourth-order valence-electron chi connectivity index (χ4n) is 2.28. The van der Waals surface area contributed by atoms with Crippen LogP contribution in [0, 0.1) is 0 Å². The first-order valence-electron chi connectivity index (χ1n) is 6.30. The van der Waals surface area contributed by atoms with Crippen molar-refractivity contribution in [3.8, 4) is 21.9 Å². The minimum absolute atomic E-state index is 0.703. The molecule has 0 aliphatic heterocycles. The quantitative estimate of drug-likeness (QED) is 0.613. The molecule has 3 aromatic rings. The summed E-state index contributed by atoms with van der Waals surface area (Å²) in [6.45, 7) is 0. The Morgan fingerprint density at radius 3 is 2.43 bits per heavy atom. The van der Waals surface area contributed by atoms with Gasteiger partial charge >= 0.3 is 0 Å². The summed E-state index contributed by atoms with van der Waals surface area (Å²) in [5, 5.41) is 0.937. The number of benzene rings is 2. The maximum absolute atomic E-state index is 12.8. The van der Waals surface area contributed by atoms with E-state index in [4.69, 9.17) is 9.47 Å². The van der Waals surface area contributed by atoms with Gasteiger partial charge in [-0.15, -0.1) is 0 Å². The third-order valence-electron chi connectivity index (χ3n) is 3.34. The van der Waals surface area contributed by atoms with Crippen molar-refractivity contribution in [3.63, 3.8) is 0 Å². The van der Waals surface area contributed by atoms with Gasteiger partial charge in [0, 0.05) is 11.6 Å². The molecule has 3 nitrogen and oxygen atoms in total. The summed E-state index contributed by atoms with van der Waals surface area (Å²) in [5.41, 5.74) is 0.884. The van der Waals surface area contributed by atoms with Gasteiger partial charge in [-0.1, -0.05) is 6.07 Å². The van der Waals surface area contributed by atoms with E-state index < -0.39 is 10.8 Å². The summed E-state index contributed by atoms with van der Waals surface area (Å²) >= 11 is 3.58. The Labute approximate surface area is 134 Å². The first-order chi connectivity index (χ1) is 10.2. The molecule has 2 aromatic carbocycles. The third-order valence-corrected chi connectivity index (χ3v) is 5.98. The van der Waals surface area contributed by atoms with Crippen LogP contribution in [-0.2, 0) is 0 Å². The summed E-state index contributed by atoms with van der Waals surface area (Å²) < 4.78 is 24.9. The molecule has 1 atom stereocenters. The lowest BCUT2D eigenvalue weighted by molar-refractivity contribution is 0.415. The molecular weight excluding hydrogens is 352 g/mol. The van der Waals surface area contributed by atoms with Gasteiger partial charge in [-0.2, -0.15) is 0 Å². The molecule has 0 amide bonds. The molecule has 0 fully saturated rings. The van der Waals surface area contributed by atoms with Crippen molar-refractivity contribution >= 4 is 36.8 Å². The van der Waals surface area contributed by atoms with E-state index in [0.717, 1.165) is 30.7 Å². The molecular formula is C16H13BrO3S. The molecule has 1 aromatic heterocycles. The van der Waals surface area contributed by atoms with Crippen LogP contribution in [-0.4, -0.2) is 18.8 Å². The smallest absolute Gasteiger partial charge is 0.195 e. The number of methoxy groups -OCH3 is 2. The number of fused-ring (bicyclic) bond motifs is 1. The molecule has 0 spiro atoms. The van der Waals surface area contributed by atoms with Gasteiger partial charge in [0.05, 0.1) is 24.1 Å². The molecule has 0 aliphatic rings. The summed E-state index contributed by atoms with van der Waals surface area (Å²) in [5.74, 6) is 1.44. The Morgan fingerprint density at radius 2 is 1.71 bits per heavy atom. The largest absolute Gasteiger partial charge is 0.590 e. The average Bonchev–Trinajstić information content (AvgIpc) is 2.78. The van der Waals surface area contributed by atoms with Crippen LogP contribution in [0.3, 0.4) is 0 Å². The highest BCUT2D eigenvalue weighted by Crippen LogP contribution is 2.48. The van der Waals surface area contributed by atoms with Crippen LogP contribution < -0.4 is 9.47 Å². The topological polar surface area (TPSA) is 41.5 Å². The lowest BCUT2D eigenvalue weighted by Gasteiger charge is -2.03. The Balaban J connectivity index is 2.27. The van der Waals surface area contributed by atoms with Crippen LogP contribution in [0.1, 0.15) is 0 Å². The summed E-state index contributed by atoms with van der Waals surface area (Å²) in [6, 6.07) is 13.2. The maximum atomic E-state index is 12.8. The van der Waals surface area contributed by atoms with Crippen molar-refractivity contribution in [2.45, 2.75) is 0 Å². The van der Waals surface area contributed by atoms with Crippen LogP contribution in [0.25, 0.3) is 20.5 Å². The monoisotopic (exact) mass is 364 g/mol. The third kappa shape index (κ3) is 2.41. The van der Waals surface area contributed by atoms with Gasteiger partial charge in [0.15, 0.2) is 9.58 Å². The average molecular weight is 365 g/mol. The second-order valence-corrected chi connectivity index (χ2v) is 6.68. The fraction of sp³-hybridized carbons (Fsp3) is 0.125. The molecule has 1 heterocycles. The van der Waals surface area contributed by atoms with E-state index in [1.54, 1.807) is 14.2 Å². The number of rotatable bonds is 3. The van der Waals surface area contributed by atoms with Gasteiger partial charge in [0.1, 0.15) is 11.5 Å². The molecule has 3 rings (SSSR count). The summed E-state index contributed by atoms with van der Waals surface area (Å²) in [7, 11) is 1.98. The first-order valence-corrected chi connectivity index (χ1v) is 8.24. The van der Waals surface area contributed by atoms with Crippen LogP contribution in [0.5, 0.6) is 11.5 Å². The molecule has 108 valence electrons. The summed E-state index contributed by atoms with van der Waals surface area (Å²) in [6.07, 6.45) is 0. The normalized spacial score (nSPS) is 11.7. The second-order valence-electron chi connectivity index (χ2n) is 4.51. The SMILES string of the molecule is COc1cccc(-c2c(Br)c3ccc(OC)cc3[s+]2[O-])c1. The zero-order valence-corrected chi connectivity index (χ0v) is 14.0. The highest BCUT2D eigenvalue weighted by atomic mass is 79.9. The molecule has 0 radical (unpaired) electrons. The van der Waals surface area contributed by atoms with E-state index in [2.05, 4.69) is 15.9 Å². The lowest BCUT2D eigenvalue weighted by Crippen LogP contribution is -1.83. The van der Waals surface area contributed by atoms with Crippen LogP contribution in [0.4, 0.5) is 0 Å². The second kappa shape index (κ2) is 5.67. The molecule has 0 saturated heterocycles. The van der Waals surface area contributed by atoms with Gasteiger partial charge in [-0.05, 0) is 57.0 Å². The highest BCUT2D eigenvalue weighted by molar-refractivity contribution is 9.10. The standard InChI is InChI=1S/C16H13BrO3S/c1-19-11-5-3-4-10(8-11)16-15(17)13-7-6-12(20-2)9-14(13)21(16)18/h3-9H,1-2H3. The lowest BCUT2D eigenvalue weighted by atomic mass is 10.1. The summed E-state index contributed by atoms with van der Waals surface area (Å²) in [4.78, 5) is 0.761. The van der Waals surface area contributed by atoms with Gasteiger partial charge in [-0.3, -0.25) is 0 Å². The first kappa shape index (κ1) is 14.4. The van der Waals surface area contributed by atoms with Crippen molar-refractivity contribution in [2.24, 2.45) is 0 Å². The minimum atomic E-state index is -1.24. The van der Waals surface area contributed by atoms with Gasteiger partial charge < -0.3 is 14.0 Å². The van der Waals surface area contributed by atoms with E-state index in [9.17, 15) is 4.55 Å². The van der Waals surface area contributed by atoms with E-state index in [0.29, 0.717) is 5.75 Å². The van der Waals surface area contributed by atoms with Crippen molar-refractivity contribution < 1.29 is 14.0 Å².